The number of aromatic nitrogens is 2. The summed E-state index contributed by atoms with van der Waals surface area (Å²) in [4.78, 5) is 6.56. The summed E-state index contributed by atoms with van der Waals surface area (Å²) in [5, 5.41) is 2.77. The van der Waals surface area contributed by atoms with Crippen molar-refractivity contribution in [1.82, 2.24) is 9.97 Å². The third-order valence-electron chi connectivity index (χ3n) is 3.06. The summed E-state index contributed by atoms with van der Waals surface area (Å²) in [6, 6.07) is 1.27. The Labute approximate surface area is 114 Å². The number of halogens is 3. The molecule has 0 aliphatic heterocycles. The largest absolute Gasteiger partial charge is 0.451 e. The molecule has 1 aromatic rings. The second-order valence-electron chi connectivity index (χ2n) is 4.70. The van der Waals surface area contributed by atoms with Crippen LogP contribution in [0.15, 0.2) is 6.07 Å². The summed E-state index contributed by atoms with van der Waals surface area (Å²) in [7, 11) is 0. The number of hydrogen-bond acceptors (Lipinski definition) is 5. The summed E-state index contributed by atoms with van der Waals surface area (Å²) in [5.41, 5.74) is 5.34. The van der Waals surface area contributed by atoms with Crippen molar-refractivity contribution in [3.8, 4) is 0 Å². The summed E-state index contributed by atoms with van der Waals surface area (Å²) in [5.74, 6) is -1.40. The van der Waals surface area contributed by atoms with Crippen LogP contribution in [0.5, 0.6) is 0 Å². The molecule has 0 amide bonds. The molecule has 2 rings (SSSR count). The molecule has 1 saturated carbocycles. The van der Waals surface area contributed by atoms with Gasteiger partial charge in [-0.1, -0.05) is 12.8 Å². The van der Waals surface area contributed by atoms with Gasteiger partial charge in [0.2, 0.25) is 5.82 Å². The van der Waals surface area contributed by atoms with Crippen LogP contribution in [0.25, 0.3) is 0 Å². The van der Waals surface area contributed by atoms with E-state index in [0.717, 1.165) is 12.8 Å². The molecule has 1 aliphatic rings. The van der Waals surface area contributed by atoms with Crippen molar-refractivity contribution in [1.29, 1.82) is 0 Å². The molecule has 3 N–H and O–H groups in total. The van der Waals surface area contributed by atoms with Crippen molar-refractivity contribution in [2.75, 3.05) is 24.2 Å². The fourth-order valence-corrected chi connectivity index (χ4v) is 2.14. The number of nitrogens with zero attached hydrogens (tertiary/aromatic N) is 2. The lowest BCUT2D eigenvalue weighted by molar-refractivity contribution is -0.144. The highest BCUT2D eigenvalue weighted by Gasteiger charge is 2.35. The maximum Gasteiger partial charge on any atom is 0.451 e. The number of hydrogen-bond donors (Lipinski definition) is 2. The van der Waals surface area contributed by atoms with E-state index >= 15 is 0 Å². The quantitative estimate of drug-likeness (QED) is 0.815. The van der Waals surface area contributed by atoms with Crippen molar-refractivity contribution in [3.63, 3.8) is 0 Å². The minimum Gasteiger partial charge on any atom is -0.384 e. The Balaban J connectivity index is 1.84. The molecular formula is C12H17F3N4O. The SMILES string of the molecule is Nc1cc(NCCOC2CCCC2)nc(C(F)(F)F)n1. The second kappa shape index (κ2) is 6.25. The molecule has 1 fully saturated rings. The Morgan fingerprint density at radius 2 is 2.00 bits per heavy atom. The second-order valence-corrected chi connectivity index (χ2v) is 4.70. The first-order valence-electron chi connectivity index (χ1n) is 6.52. The van der Waals surface area contributed by atoms with E-state index < -0.39 is 12.0 Å². The van der Waals surface area contributed by atoms with Gasteiger partial charge in [-0.05, 0) is 12.8 Å². The highest BCUT2D eigenvalue weighted by molar-refractivity contribution is 5.44. The zero-order chi connectivity index (χ0) is 14.6. The van der Waals surface area contributed by atoms with E-state index in [1.54, 1.807) is 0 Å². The van der Waals surface area contributed by atoms with Crippen molar-refractivity contribution in [3.05, 3.63) is 11.9 Å². The van der Waals surface area contributed by atoms with Gasteiger partial charge in [-0.2, -0.15) is 13.2 Å². The molecule has 1 heterocycles. The van der Waals surface area contributed by atoms with Crippen LogP contribution in [0.4, 0.5) is 24.8 Å². The number of nitrogens with one attached hydrogen (secondary N) is 1. The average molecular weight is 290 g/mol. The molecule has 20 heavy (non-hydrogen) atoms. The normalized spacial score (nSPS) is 16.6. The Morgan fingerprint density at radius 3 is 2.65 bits per heavy atom. The van der Waals surface area contributed by atoms with Gasteiger partial charge >= 0.3 is 6.18 Å². The summed E-state index contributed by atoms with van der Waals surface area (Å²) >= 11 is 0. The molecule has 0 aromatic carbocycles. The smallest absolute Gasteiger partial charge is 0.384 e. The minimum absolute atomic E-state index is 0.0554. The standard InChI is InChI=1S/C12H17F3N4O/c13-12(14,15)11-18-9(16)7-10(19-11)17-5-6-20-8-3-1-2-4-8/h7-8H,1-6H2,(H3,16,17,18,19). The molecule has 112 valence electrons. The summed E-state index contributed by atoms with van der Waals surface area (Å²) in [6.07, 6.45) is 0.132. The predicted molar refractivity (Wildman–Crippen MR) is 68.1 cm³/mol. The Morgan fingerprint density at radius 1 is 1.30 bits per heavy atom. The van der Waals surface area contributed by atoms with E-state index in [1.165, 1.54) is 18.9 Å². The number of nitrogen functional groups attached to an aromatic ring is 1. The van der Waals surface area contributed by atoms with Crippen LogP contribution in [0.1, 0.15) is 31.5 Å². The number of alkyl halides is 3. The van der Waals surface area contributed by atoms with Crippen LogP contribution < -0.4 is 11.1 Å². The highest BCUT2D eigenvalue weighted by Crippen LogP contribution is 2.27. The van der Waals surface area contributed by atoms with Gasteiger partial charge in [0.15, 0.2) is 0 Å². The maximum atomic E-state index is 12.5. The van der Waals surface area contributed by atoms with Gasteiger partial charge in [-0.3, -0.25) is 0 Å². The third kappa shape index (κ3) is 4.22. The first-order chi connectivity index (χ1) is 9.45. The maximum absolute atomic E-state index is 12.5. The first-order valence-corrected chi connectivity index (χ1v) is 6.52. The van der Waals surface area contributed by atoms with E-state index in [0.29, 0.717) is 13.2 Å². The van der Waals surface area contributed by atoms with Gasteiger partial charge < -0.3 is 15.8 Å². The number of nitrogens with two attached hydrogens (primary N) is 1. The molecule has 0 saturated heterocycles. The zero-order valence-corrected chi connectivity index (χ0v) is 10.9. The molecule has 0 atom stereocenters. The van der Waals surface area contributed by atoms with Gasteiger partial charge in [-0.15, -0.1) is 0 Å². The van der Waals surface area contributed by atoms with Gasteiger partial charge in [0.25, 0.3) is 0 Å². The van der Waals surface area contributed by atoms with Crippen LogP contribution in [0, 0.1) is 0 Å². The summed E-state index contributed by atoms with van der Waals surface area (Å²) < 4.78 is 43.1. The van der Waals surface area contributed by atoms with Crippen LogP contribution in [0.3, 0.4) is 0 Å². The highest BCUT2D eigenvalue weighted by atomic mass is 19.4. The number of anilines is 2. The van der Waals surface area contributed by atoms with Gasteiger partial charge in [0, 0.05) is 12.6 Å². The lowest BCUT2D eigenvalue weighted by Gasteiger charge is -2.13. The molecule has 5 nitrogen and oxygen atoms in total. The fourth-order valence-electron chi connectivity index (χ4n) is 2.14. The van der Waals surface area contributed by atoms with Crippen LogP contribution >= 0.6 is 0 Å². The molecule has 0 bridgehead atoms. The van der Waals surface area contributed by atoms with Crippen LogP contribution in [0.2, 0.25) is 0 Å². The molecular weight excluding hydrogens is 273 g/mol. The Hall–Kier alpha value is -1.57. The minimum atomic E-state index is -4.61. The summed E-state index contributed by atoms with van der Waals surface area (Å²) in [6.45, 7) is 0.806. The molecule has 8 heteroatoms. The number of ether oxygens (including phenoxy) is 1. The predicted octanol–water partition coefficient (Wildman–Crippen LogP) is 2.45. The van der Waals surface area contributed by atoms with E-state index in [-0.39, 0.29) is 17.7 Å². The van der Waals surface area contributed by atoms with Crippen LogP contribution in [-0.2, 0) is 10.9 Å². The van der Waals surface area contributed by atoms with E-state index in [1.807, 2.05) is 0 Å². The van der Waals surface area contributed by atoms with E-state index in [9.17, 15) is 13.2 Å². The number of rotatable bonds is 5. The zero-order valence-electron chi connectivity index (χ0n) is 10.9. The van der Waals surface area contributed by atoms with Crippen molar-refractivity contribution in [2.45, 2.75) is 38.0 Å². The third-order valence-corrected chi connectivity index (χ3v) is 3.06. The first kappa shape index (κ1) is 14.8. The fraction of sp³-hybridized carbons (Fsp3) is 0.667. The Kier molecular flexibility index (Phi) is 4.64. The van der Waals surface area contributed by atoms with Gasteiger partial charge in [-0.25, -0.2) is 9.97 Å². The topological polar surface area (TPSA) is 73.1 Å². The van der Waals surface area contributed by atoms with Crippen molar-refractivity contribution >= 4 is 11.6 Å². The Bertz CT molecular complexity index is 447. The van der Waals surface area contributed by atoms with Crippen LogP contribution in [-0.4, -0.2) is 29.2 Å². The van der Waals surface area contributed by atoms with Gasteiger partial charge in [0.1, 0.15) is 11.6 Å². The van der Waals surface area contributed by atoms with Crippen molar-refractivity contribution in [2.24, 2.45) is 0 Å². The molecule has 0 radical (unpaired) electrons. The lowest BCUT2D eigenvalue weighted by Crippen LogP contribution is -2.18. The average Bonchev–Trinajstić information content (AvgIpc) is 2.86. The lowest BCUT2D eigenvalue weighted by atomic mass is 10.3. The molecule has 0 spiro atoms. The molecule has 0 unspecified atom stereocenters. The van der Waals surface area contributed by atoms with Gasteiger partial charge in [0.05, 0.1) is 12.7 Å². The van der Waals surface area contributed by atoms with E-state index in [4.69, 9.17) is 10.5 Å². The van der Waals surface area contributed by atoms with E-state index in [2.05, 4.69) is 15.3 Å². The molecule has 1 aromatic heterocycles. The van der Waals surface area contributed by atoms with Crippen molar-refractivity contribution < 1.29 is 17.9 Å². The monoisotopic (exact) mass is 290 g/mol. The molecule has 1 aliphatic carbocycles.